The molecule has 0 aromatic carbocycles. The van der Waals surface area contributed by atoms with Gasteiger partial charge in [-0.05, 0) is 22.0 Å². The average molecular weight is 286 g/mol. The summed E-state index contributed by atoms with van der Waals surface area (Å²) >= 11 is 5.17. The lowest BCUT2D eigenvalue weighted by Gasteiger charge is -1.97. The summed E-state index contributed by atoms with van der Waals surface area (Å²) < 4.78 is 3.01. The molecule has 5 heteroatoms. The maximum absolute atomic E-state index is 4.41. The summed E-state index contributed by atoms with van der Waals surface area (Å²) in [4.78, 5) is 5.54. The predicted octanol–water partition coefficient (Wildman–Crippen LogP) is 3.27. The molecule has 0 amide bonds. The van der Waals surface area contributed by atoms with E-state index < -0.39 is 0 Å². The molecule has 0 unspecified atom stereocenters. The van der Waals surface area contributed by atoms with Crippen molar-refractivity contribution in [3.63, 3.8) is 0 Å². The topological polar surface area (TPSA) is 30.7 Å². The second kappa shape index (κ2) is 4.45. The van der Waals surface area contributed by atoms with Crippen LogP contribution in [-0.4, -0.2) is 14.8 Å². The van der Waals surface area contributed by atoms with Gasteiger partial charge in [0.2, 0.25) is 0 Å². The molecule has 2 heterocycles. The van der Waals surface area contributed by atoms with Crippen molar-refractivity contribution < 1.29 is 0 Å². The number of rotatable bonds is 3. The van der Waals surface area contributed by atoms with Crippen LogP contribution in [0.4, 0.5) is 0 Å². The minimum Gasteiger partial charge on any atom is -0.247 e. The van der Waals surface area contributed by atoms with E-state index in [1.807, 2.05) is 4.68 Å². The van der Waals surface area contributed by atoms with Crippen molar-refractivity contribution in [2.24, 2.45) is 0 Å². The van der Waals surface area contributed by atoms with Crippen molar-refractivity contribution in [1.82, 2.24) is 14.8 Å². The van der Waals surface area contributed by atoms with Gasteiger partial charge in [-0.2, -0.15) is 5.10 Å². The van der Waals surface area contributed by atoms with E-state index in [-0.39, 0.29) is 0 Å². The fourth-order valence-electron chi connectivity index (χ4n) is 1.25. The molecule has 80 valence electrons. The first-order chi connectivity index (χ1) is 7.15. The minimum atomic E-state index is 0.390. The van der Waals surface area contributed by atoms with E-state index in [1.54, 1.807) is 17.7 Å². The van der Waals surface area contributed by atoms with Gasteiger partial charge in [0.15, 0.2) is 5.82 Å². The summed E-state index contributed by atoms with van der Waals surface area (Å²) in [5.74, 6) is 1.30. The Hall–Kier alpha value is -0.680. The van der Waals surface area contributed by atoms with Crippen LogP contribution in [0.15, 0.2) is 22.2 Å². The van der Waals surface area contributed by atoms with Gasteiger partial charge >= 0.3 is 0 Å². The van der Waals surface area contributed by atoms with Gasteiger partial charge in [0, 0.05) is 20.6 Å². The van der Waals surface area contributed by atoms with Gasteiger partial charge in [0.1, 0.15) is 6.33 Å². The van der Waals surface area contributed by atoms with E-state index >= 15 is 0 Å². The Labute approximate surface area is 101 Å². The molecule has 0 radical (unpaired) electrons. The molecule has 0 fully saturated rings. The van der Waals surface area contributed by atoms with E-state index in [9.17, 15) is 0 Å². The Morgan fingerprint density at radius 1 is 1.53 bits per heavy atom. The van der Waals surface area contributed by atoms with Crippen LogP contribution in [0.5, 0.6) is 0 Å². The molecule has 2 aromatic rings. The Bertz CT molecular complexity index is 447. The zero-order valence-electron chi connectivity index (χ0n) is 8.64. The number of thiophene rings is 1. The molecule has 3 nitrogen and oxygen atoms in total. The first-order valence-electron chi connectivity index (χ1n) is 4.77. The molecular formula is C10H12BrN3S. The normalized spacial score (nSPS) is 11.2. The van der Waals surface area contributed by atoms with E-state index in [4.69, 9.17) is 0 Å². The number of hydrogen-bond acceptors (Lipinski definition) is 3. The van der Waals surface area contributed by atoms with Crippen molar-refractivity contribution in [3.05, 3.63) is 32.9 Å². The molecule has 0 aliphatic carbocycles. The predicted molar refractivity (Wildman–Crippen MR) is 65.2 cm³/mol. The van der Waals surface area contributed by atoms with Crippen molar-refractivity contribution in [2.75, 3.05) is 0 Å². The fraction of sp³-hybridized carbons (Fsp3) is 0.400. The molecule has 0 aliphatic rings. The molecule has 0 saturated heterocycles. The third kappa shape index (κ3) is 2.66. The number of hydrogen-bond donors (Lipinski definition) is 0. The molecule has 0 aliphatic heterocycles. The zero-order valence-corrected chi connectivity index (χ0v) is 11.0. The highest BCUT2D eigenvalue weighted by atomic mass is 79.9. The van der Waals surface area contributed by atoms with Crippen LogP contribution in [0.2, 0.25) is 0 Å². The summed E-state index contributed by atoms with van der Waals surface area (Å²) in [6, 6.07) is 2.11. The van der Waals surface area contributed by atoms with Crippen molar-refractivity contribution in [1.29, 1.82) is 0 Å². The molecule has 0 bridgehead atoms. The highest BCUT2D eigenvalue weighted by Gasteiger charge is 2.06. The third-order valence-corrected chi connectivity index (χ3v) is 3.69. The molecule has 0 N–H and O–H groups in total. The molecule has 0 saturated carbocycles. The maximum Gasteiger partial charge on any atom is 0.153 e. The highest BCUT2D eigenvalue weighted by Crippen LogP contribution is 2.20. The quantitative estimate of drug-likeness (QED) is 0.867. The van der Waals surface area contributed by atoms with E-state index in [0.29, 0.717) is 5.92 Å². The fourth-order valence-corrected chi connectivity index (χ4v) is 2.69. The van der Waals surface area contributed by atoms with E-state index in [2.05, 4.69) is 51.3 Å². The number of halogens is 1. The van der Waals surface area contributed by atoms with Gasteiger partial charge in [-0.15, -0.1) is 11.3 Å². The van der Waals surface area contributed by atoms with Gasteiger partial charge in [0.05, 0.1) is 6.54 Å². The van der Waals surface area contributed by atoms with Crippen molar-refractivity contribution >= 4 is 27.3 Å². The summed E-state index contributed by atoms with van der Waals surface area (Å²) in [5, 5.41) is 6.49. The molecule has 2 aromatic heterocycles. The largest absolute Gasteiger partial charge is 0.247 e. The highest BCUT2D eigenvalue weighted by molar-refractivity contribution is 9.10. The van der Waals surface area contributed by atoms with Gasteiger partial charge in [-0.1, -0.05) is 13.8 Å². The lowest BCUT2D eigenvalue weighted by Crippen LogP contribution is -2.00. The third-order valence-electron chi connectivity index (χ3n) is 2.01. The van der Waals surface area contributed by atoms with Crippen LogP contribution in [0.3, 0.4) is 0 Å². The molecule has 2 rings (SSSR count). The molecule has 0 spiro atoms. The molecule has 15 heavy (non-hydrogen) atoms. The Balaban J connectivity index is 2.11. The minimum absolute atomic E-state index is 0.390. The van der Waals surface area contributed by atoms with E-state index in [0.717, 1.165) is 16.8 Å². The van der Waals surface area contributed by atoms with Gasteiger partial charge in [-0.25, -0.2) is 9.67 Å². The lowest BCUT2D eigenvalue weighted by molar-refractivity contribution is 0.662. The van der Waals surface area contributed by atoms with Crippen LogP contribution in [0, 0.1) is 0 Å². The van der Waals surface area contributed by atoms with Gasteiger partial charge in [-0.3, -0.25) is 0 Å². The van der Waals surface area contributed by atoms with Crippen LogP contribution in [-0.2, 0) is 6.54 Å². The Morgan fingerprint density at radius 3 is 2.87 bits per heavy atom. The number of aromatic nitrogens is 3. The standard InChI is InChI=1S/C10H12BrN3S/c1-7(2)10-12-6-14(13-10)4-9-3-8(11)5-15-9/h3,5-7H,4H2,1-2H3. The van der Waals surface area contributed by atoms with Crippen LogP contribution in [0.25, 0.3) is 0 Å². The summed E-state index contributed by atoms with van der Waals surface area (Å²) in [5.41, 5.74) is 0. The van der Waals surface area contributed by atoms with Gasteiger partial charge in [0.25, 0.3) is 0 Å². The first kappa shape index (κ1) is 10.8. The van der Waals surface area contributed by atoms with Crippen molar-refractivity contribution in [3.8, 4) is 0 Å². The average Bonchev–Trinajstić information content (AvgIpc) is 2.76. The maximum atomic E-state index is 4.41. The molecule has 0 atom stereocenters. The van der Waals surface area contributed by atoms with Gasteiger partial charge < -0.3 is 0 Å². The SMILES string of the molecule is CC(C)c1ncn(Cc2cc(Br)cs2)n1. The second-order valence-corrected chi connectivity index (χ2v) is 5.60. The summed E-state index contributed by atoms with van der Waals surface area (Å²) in [6.07, 6.45) is 1.79. The van der Waals surface area contributed by atoms with E-state index in [1.165, 1.54) is 4.88 Å². The van der Waals surface area contributed by atoms with Crippen LogP contribution in [0.1, 0.15) is 30.5 Å². The monoisotopic (exact) mass is 285 g/mol. The lowest BCUT2D eigenvalue weighted by atomic mass is 10.2. The summed E-state index contributed by atoms with van der Waals surface area (Å²) in [6.45, 7) is 5.00. The van der Waals surface area contributed by atoms with Crippen molar-refractivity contribution in [2.45, 2.75) is 26.3 Å². The Kier molecular flexibility index (Phi) is 3.21. The smallest absolute Gasteiger partial charge is 0.153 e. The second-order valence-electron chi connectivity index (χ2n) is 3.69. The molecular weight excluding hydrogens is 274 g/mol. The van der Waals surface area contributed by atoms with Crippen LogP contribution < -0.4 is 0 Å². The Morgan fingerprint density at radius 2 is 2.33 bits per heavy atom. The number of nitrogens with zero attached hydrogens (tertiary/aromatic N) is 3. The first-order valence-corrected chi connectivity index (χ1v) is 6.44. The van der Waals surface area contributed by atoms with Crippen LogP contribution >= 0.6 is 27.3 Å². The zero-order chi connectivity index (χ0) is 10.8. The summed E-state index contributed by atoms with van der Waals surface area (Å²) in [7, 11) is 0.